The van der Waals surface area contributed by atoms with Crippen LogP contribution in [-0.4, -0.2) is 55.7 Å². The van der Waals surface area contributed by atoms with Crippen molar-refractivity contribution in [2.45, 2.75) is 25.9 Å². The van der Waals surface area contributed by atoms with Gasteiger partial charge in [-0.05, 0) is 19.8 Å². The summed E-state index contributed by atoms with van der Waals surface area (Å²) in [5, 5.41) is 11.7. The average Bonchev–Trinajstić information content (AvgIpc) is 2.25. The Hall–Kier alpha value is -0.660. The molecule has 0 bridgehead atoms. The molecule has 0 aromatic heterocycles. The van der Waals surface area contributed by atoms with E-state index in [4.69, 9.17) is 5.11 Å². The molecule has 6 nitrogen and oxygen atoms in total. The largest absolute Gasteiger partial charge is 0.392 e. The number of nitrogens with one attached hydrogen (secondary N) is 1. The Balaban J connectivity index is 2.52. The van der Waals surface area contributed by atoms with Gasteiger partial charge in [0, 0.05) is 19.6 Å². The Morgan fingerprint density at radius 3 is 2.76 bits per heavy atom. The van der Waals surface area contributed by atoms with Crippen molar-refractivity contribution in [3.63, 3.8) is 0 Å². The summed E-state index contributed by atoms with van der Waals surface area (Å²) < 4.78 is 24.1. The van der Waals surface area contributed by atoms with Crippen LogP contribution in [0.3, 0.4) is 0 Å². The van der Waals surface area contributed by atoms with Crippen LogP contribution < -0.4 is 5.32 Å². The van der Waals surface area contributed by atoms with Crippen LogP contribution >= 0.6 is 0 Å². The lowest BCUT2D eigenvalue weighted by Crippen LogP contribution is -2.46. The fourth-order valence-corrected chi connectivity index (χ4v) is 2.76. The lowest BCUT2D eigenvalue weighted by Gasteiger charge is -2.30. The first-order valence-corrected chi connectivity index (χ1v) is 7.56. The van der Waals surface area contributed by atoms with Gasteiger partial charge in [0.2, 0.25) is 15.9 Å². The highest BCUT2D eigenvalue weighted by Crippen LogP contribution is 2.18. The number of piperidine rings is 1. The van der Waals surface area contributed by atoms with Crippen molar-refractivity contribution in [2.24, 2.45) is 5.92 Å². The van der Waals surface area contributed by atoms with Gasteiger partial charge in [0.25, 0.3) is 0 Å². The van der Waals surface area contributed by atoms with E-state index in [2.05, 4.69) is 5.32 Å². The second-order valence-corrected chi connectivity index (χ2v) is 6.54. The monoisotopic (exact) mass is 264 g/mol. The maximum Gasteiger partial charge on any atom is 0.224 e. The molecule has 0 radical (unpaired) electrons. The summed E-state index contributed by atoms with van der Waals surface area (Å²) in [6.45, 7) is 2.52. The van der Waals surface area contributed by atoms with E-state index < -0.39 is 16.1 Å². The Kier molecular flexibility index (Phi) is 4.91. The van der Waals surface area contributed by atoms with Crippen LogP contribution in [-0.2, 0) is 14.8 Å². The fraction of sp³-hybridized carbons (Fsp3) is 0.900. The molecule has 2 N–H and O–H groups in total. The summed E-state index contributed by atoms with van der Waals surface area (Å²) in [7, 11) is -3.22. The topological polar surface area (TPSA) is 86.7 Å². The lowest BCUT2D eigenvalue weighted by molar-refractivity contribution is -0.126. The van der Waals surface area contributed by atoms with Crippen molar-refractivity contribution in [1.29, 1.82) is 0 Å². The molecule has 100 valence electrons. The molecule has 17 heavy (non-hydrogen) atoms. The molecule has 0 spiro atoms. The van der Waals surface area contributed by atoms with E-state index >= 15 is 0 Å². The zero-order chi connectivity index (χ0) is 13.1. The van der Waals surface area contributed by atoms with E-state index in [0.29, 0.717) is 19.4 Å². The molecule has 1 heterocycles. The summed E-state index contributed by atoms with van der Waals surface area (Å²) in [5.74, 6) is -0.489. The minimum atomic E-state index is -3.22. The van der Waals surface area contributed by atoms with Crippen molar-refractivity contribution >= 4 is 15.9 Å². The predicted octanol–water partition coefficient (Wildman–Crippen LogP) is -0.845. The van der Waals surface area contributed by atoms with Crippen LogP contribution in [0.4, 0.5) is 0 Å². The number of carbonyl (C=O) groups excluding carboxylic acids is 1. The van der Waals surface area contributed by atoms with Crippen molar-refractivity contribution in [3.8, 4) is 0 Å². The molecule has 0 aromatic rings. The molecule has 7 heteroatoms. The second kappa shape index (κ2) is 5.79. The number of nitrogens with zero attached hydrogens (tertiary/aromatic N) is 1. The molecule has 1 fully saturated rings. The van der Waals surface area contributed by atoms with Gasteiger partial charge in [-0.25, -0.2) is 12.7 Å². The molecule has 1 aliphatic heterocycles. The summed E-state index contributed by atoms with van der Waals surface area (Å²) in [6.07, 6.45) is 1.95. The van der Waals surface area contributed by atoms with Gasteiger partial charge in [-0.1, -0.05) is 0 Å². The molecule has 1 saturated heterocycles. The van der Waals surface area contributed by atoms with Gasteiger partial charge < -0.3 is 10.4 Å². The zero-order valence-corrected chi connectivity index (χ0v) is 11.0. The highest BCUT2D eigenvalue weighted by molar-refractivity contribution is 7.88. The number of sulfonamides is 1. The zero-order valence-electron chi connectivity index (χ0n) is 10.2. The van der Waals surface area contributed by atoms with Gasteiger partial charge >= 0.3 is 0 Å². The van der Waals surface area contributed by atoms with Gasteiger partial charge in [-0.2, -0.15) is 0 Å². The SMILES string of the molecule is C[C@@H](O)CNC(=O)C1CCCN(S(C)(=O)=O)C1. The van der Waals surface area contributed by atoms with Crippen molar-refractivity contribution < 1.29 is 18.3 Å². The highest BCUT2D eigenvalue weighted by Gasteiger charge is 2.29. The fourth-order valence-electron chi connectivity index (χ4n) is 1.85. The molecule has 2 atom stereocenters. The van der Waals surface area contributed by atoms with E-state index in [-0.39, 0.29) is 24.9 Å². The van der Waals surface area contributed by atoms with Crippen molar-refractivity contribution in [1.82, 2.24) is 9.62 Å². The first-order valence-electron chi connectivity index (χ1n) is 5.71. The molecule has 1 rings (SSSR count). The Morgan fingerprint density at radius 1 is 1.59 bits per heavy atom. The Labute approximate surface area is 102 Å². The number of aliphatic hydroxyl groups is 1. The molecule has 0 aromatic carbocycles. The number of amides is 1. The van der Waals surface area contributed by atoms with Crippen LogP contribution in [0.1, 0.15) is 19.8 Å². The van der Waals surface area contributed by atoms with Crippen LogP contribution in [0.25, 0.3) is 0 Å². The molecule has 0 saturated carbocycles. The summed E-state index contributed by atoms with van der Waals surface area (Å²) in [6, 6.07) is 0. The van der Waals surface area contributed by atoms with Crippen molar-refractivity contribution in [3.05, 3.63) is 0 Å². The minimum absolute atomic E-state index is 0.181. The van der Waals surface area contributed by atoms with Gasteiger partial charge in [-0.15, -0.1) is 0 Å². The smallest absolute Gasteiger partial charge is 0.224 e. The quantitative estimate of drug-likeness (QED) is 0.693. The van der Waals surface area contributed by atoms with Gasteiger partial charge in [-0.3, -0.25) is 4.79 Å². The van der Waals surface area contributed by atoms with Gasteiger partial charge in [0.1, 0.15) is 0 Å². The van der Waals surface area contributed by atoms with E-state index in [0.717, 1.165) is 6.26 Å². The second-order valence-electron chi connectivity index (χ2n) is 4.55. The van der Waals surface area contributed by atoms with E-state index in [1.54, 1.807) is 6.92 Å². The van der Waals surface area contributed by atoms with Crippen LogP contribution in [0.2, 0.25) is 0 Å². The first-order chi connectivity index (χ1) is 7.80. The number of carbonyl (C=O) groups is 1. The van der Waals surface area contributed by atoms with Gasteiger partial charge in [0.05, 0.1) is 18.3 Å². The molecular formula is C10H20N2O4S. The van der Waals surface area contributed by atoms with E-state index in [9.17, 15) is 13.2 Å². The van der Waals surface area contributed by atoms with Crippen LogP contribution in [0, 0.1) is 5.92 Å². The highest BCUT2D eigenvalue weighted by atomic mass is 32.2. The number of rotatable bonds is 4. The Bertz CT molecular complexity index is 367. The van der Waals surface area contributed by atoms with E-state index in [1.165, 1.54) is 4.31 Å². The van der Waals surface area contributed by atoms with Gasteiger partial charge in [0.15, 0.2) is 0 Å². The lowest BCUT2D eigenvalue weighted by atomic mass is 9.99. The number of aliphatic hydroxyl groups excluding tert-OH is 1. The van der Waals surface area contributed by atoms with E-state index in [1.807, 2.05) is 0 Å². The molecule has 1 aliphatic rings. The minimum Gasteiger partial charge on any atom is -0.392 e. The van der Waals surface area contributed by atoms with Crippen molar-refractivity contribution in [2.75, 3.05) is 25.9 Å². The first kappa shape index (κ1) is 14.4. The molecule has 1 amide bonds. The Morgan fingerprint density at radius 2 is 2.24 bits per heavy atom. The molecule has 1 unspecified atom stereocenters. The number of hydrogen-bond acceptors (Lipinski definition) is 4. The summed E-state index contributed by atoms with van der Waals surface area (Å²) in [4.78, 5) is 11.7. The number of hydrogen-bond donors (Lipinski definition) is 2. The average molecular weight is 264 g/mol. The molecule has 0 aliphatic carbocycles. The maximum atomic E-state index is 11.7. The maximum absolute atomic E-state index is 11.7. The normalized spacial score (nSPS) is 24.3. The summed E-state index contributed by atoms with van der Waals surface area (Å²) in [5.41, 5.74) is 0. The van der Waals surface area contributed by atoms with Crippen LogP contribution in [0.15, 0.2) is 0 Å². The van der Waals surface area contributed by atoms with Crippen LogP contribution in [0.5, 0.6) is 0 Å². The third-order valence-corrected chi connectivity index (χ3v) is 4.07. The molecular weight excluding hydrogens is 244 g/mol. The summed E-state index contributed by atoms with van der Waals surface area (Å²) >= 11 is 0. The predicted molar refractivity (Wildman–Crippen MR) is 63.8 cm³/mol. The third kappa shape index (κ3) is 4.61. The third-order valence-electron chi connectivity index (χ3n) is 2.80. The standard InChI is InChI=1S/C10H20N2O4S/c1-8(13)6-11-10(14)9-4-3-5-12(7-9)17(2,15)16/h8-9,13H,3-7H2,1-2H3,(H,11,14)/t8-,9?/m1/s1.